The van der Waals surface area contributed by atoms with E-state index in [2.05, 4.69) is 4.90 Å². The maximum absolute atomic E-state index is 12.1. The van der Waals surface area contributed by atoms with Gasteiger partial charge in [-0.25, -0.2) is 0 Å². The minimum Gasteiger partial charge on any atom is -0.379 e. The lowest BCUT2D eigenvalue weighted by molar-refractivity contribution is 0.0858. The highest BCUT2D eigenvalue weighted by Gasteiger charge is 2.48. The van der Waals surface area contributed by atoms with Crippen molar-refractivity contribution < 1.29 is 9.13 Å². The average molecular weight is 187 g/mol. The van der Waals surface area contributed by atoms with Crippen LogP contribution in [-0.2, 0) is 4.74 Å². The Kier molecular flexibility index (Phi) is 2.84. The zero-order valence-corrected chi connectivity index (χ0v) is 8.10. The van der Waals surface area contributed by atoms with Gasteiger partial charge in [0.25, 0.3) is 0 Å². The molecule has 1 heterocycles. The molecule has 1 aliphatic heterocycles. The molecule has 2 fully saturated rings. The summed E-state index contributed by atoms with van der Waals surface area (Å²) in [7, 11) is 0. The average Bonchev–Trinajstić information content (AvgIpc) is 2.93. The number of hydrogen-bond donors (Lipinski definition) is 0. The normalized spacial score (nSPS) is 27.5. The van der Waals surface area contributed by atoms with Crippen LogP contribution in [0.25, 0.3) is 0 Å². The molecular weight excluding hydrogens is 169 g/mol. The van der Waals surface area contributed by atoms with Crippen molar-refractivity contribution in [2.75, 3.05) is 33.0 Å². The second-order valence-corrected chi connectivity index (χ2v) is 4.16. The summed E-state index contributed by atoms with van der Waals surface area (Å²) in [5, 5.41) is 0. The van der Waals surface area contributed by atoms with Gasteiger partial charge in [0.05, 0.1) is 13.3 Å². The largest absolute Gasteiger partial charge is 0.379 e. The van der Waals surface area contributed by atoms with Crippen LogP contribution in [0.1, 0.15) is 25.7 Å². The van der Waals surface area contributed by atoms with E-state index in [1.165, 1.54) is 12.8 Å². The van der Waals surface area contributed by atoms with Gasteiger partial charge in [-0.2, -0.15) is 0 Å². The van der Waals surface area contributed by atoms with Crippen LogP contribution in [0.5, 0.6) is 0 Å². The molecule has 3 heteroatoms. The first kappa shape index (κ1) is 9.41. The van der Waals surface area contributed by atoms with Crippen LogP contribution in [0, 0.1) is 0 Å². The van der Waals surface area contributed by atoms with Crippen LogP contribution >= 0.6 is 0 Å². The van der Waals surface area contributed by atoms with Gasteiger partial charge in [-0.05, 0) is 25.7 Å². The molecular formula is C10H18FNO. The summed E-state index contributed by atoms with van der Waals surface area (Å²) in [6, 6.07) is 0. The second-order valence-electron chi connectivity index (χ2n) is 4.16. The Bertz CT molecular complexity index is 170. The standard InChI is InChI=1S/C10H18FNO/c11-5-1-6-12-7-2-8-13-9-10(12)3-4-10/h1-9H2. The molecule has 0 radical (unpaired) electrons. The molecule has 13 heavy (non-hydrogen) atoms. The lowest BCUT2D eigenvalue weighted by atomic mass is 10.2. The Balaban J connectivity index is 1.89. The predicted octanol–water partition coefficient (Wildman–Crippen LogP) is 1.60. The lowest BCUT2D eigenvalue weighted by Crippen LogP contribution is -2.40. The second kappa shape index (κ2) is 3.93. The third-order valence-electron chi connectivity index (χ3n) is 3.15. The van der Waals surface area contributed by atoms with Gasteiger partial charge in [-0.1, -0.05) is 0 Å². The van der Waals surface area contributed by atoms with Gasteiger partial charge < -0.3 is 4.74 Å². The zero-order chi connectivity index (χ0) is 9.15. The molecule has 0 bridgehead atoms. The van der Waals surface area contributed by atoms with Crippen molar-refractivity contribution >= 4 is 0 Å². The first-order chi connectivity index (χ1) is 6.37. The molecule has 2 rings (SSSR count). The topological polar surface area (TPSA) is 12.5 Å². The van der Waals surface area contributed by atoms with Crippen molar-refractivity contribution in [3.05, 3.63) is 0 Å². The molecule has 1 aliphatic carbocycles. The molecule has 0 amide bonds. The van der Waals surface area contributed by atoms with Gasteiger partial charge >= 0.3 is 0 Å². The number of nitrogens with zero attached hydrogens (tertiary/aromatic N) is 1. The molecule has 1 saturated carbocycles. The monoisotopic (exact) mass is 187 g/mol. The molecule has 0 unspecified atom stereocenters. The summed E-state index contributed by atoms with van der Waals surface area (Å²) in [5.41, 5.74) is 0.325. The van der Waals surface area contributed by atoms with E-state index in [1.807, 2.05) is 0 Å². The number of alkyl halides is 1. The molecule has 0 atom stereocenters. The van der Waals surface area contributed by atoms with E-state index >= 15 is 0 Å². The first-order valence-electron chi connectivity index (χ1n) is 5.26. The van der Waals surface area contributed by atoms with Gasteiger partial charge in [0.1, 0.15) is 0 Å². The Morgan fingerprint density at radius 2 is 2.23 bits per heavy atom. The highest BCUT2D eigenvalue weighted by Crippen LogP contribution is 2.43. The van der Waals surface area contributed by atoms with Crippen LogP contribution in [0.3, 0.4) is 0 Å². The summed E-state index contributed by atoms with van der Waals surface area (Å²) in [6.07, 6.45) is 4.29. The smallest absolute Gasteiger partial charge is 0.0906 e. The van der Waals surface area contributed by atoms with E-state index in [0.717, 1.165) is 32.7 Å². The Labute approximate surface area is 79.1 Å². The van der Waals surface area contributed by atoms with E-state index in [1.54, 1.807) is 0 Å². The van der Waals surface area contributed by atoms with Gasteiger partial charge in [0, 0.05) is 25.2 Å². The van der Waals surface area contributed by atoms with Crippen molar-refractivity contribution in [2.24, 2.45) is 0 Å². The Morgan fingerprint density at radius 1 is 1.38 bits per heavy atom. The van der Waals surface area contributed by atoms with E-state index in [0.29, 0.717) is 12.0 Å². The SMILES string of the molecule is FCCCN1CCCOCC12CC2. The van der Waals surface area contributed by atoms with Gasteiger partial charge in [0.2, 0.25) is 0 Å². The van der Waals surface area contributed by atoms with Crippen LogP contribution < -0.4 is 0 Å². The fourth-order valence-electron chi connectivity index (χ4n) is 2.15. The van der Waals surface area contributed by atoms with Crippen molar-refractivity contribution in [3.8, 4) is 0 Å². The predicted molar refractivity (Wildman–Crippen MR) is 49.6 cm³/mol. The molecule has 76 valence electrons. The van der Waals surface area contributed by atoms with Crippen molar-refractivity contribution in [2.45, 2.75) is 31.2 Å². The lowest BCUT2D eigenvalue weighted by Gasteiger charge is -2.28. The van der Waals surface area contributed by atoms with Gasteiger partial charge in [-0.3, -0.25) is 9.29 Å². The third-order valence-corrected chi connectivity index (χ3v) is 3.15. The van der Waals surface area contributed by atoms with E-state index in [-0.39, 0.29) is 6.67 Å². The van der Waals surface area contributed by atoms with Crippen molar-refractivity contribution in [1.29, 1.82) is 0 Å². The van der Waals surface area contributed by atoms with Crippen molar-refractivity contribution in [1.82, 2.24) is 4.90 Å². The minimum atomic E-state index is -0.187. The maximum atomic E-state index is 12.1. The Hall–Kier alpha value is -0.150. The zero-order valence-electron chi connectivity index (χ0n) is 8.10. The highest BCUT2D eigenvalue weighted by molar-refractivity contribution is 5.04. The third kappa shape index (κ3) is 2.02. The van der Waals surface area contributed by atoms with E-state index < -0.39 is 0 Å². The first-order valence-corrected chi connectivity index (χ1v) is 5.26. The number of rotatable bonds is 3. The number of ether oxygens (including phenoxy) is 1. The number of halogens is 1. The summed E-state index contributed by atoms with van der Waals surface area (Å²) in [6.45, 7) is 3.58. The molecule has 1 saturated heterocycles. The number of hydrogen-bond acceptors (Lipinski definition) is 2. The van der Waals surface area contributed by atoms with E-state index in [4.69, 9.17) is 4.74 Å². The van der Waals surface area contributed by atoms with Gasteiger partial charge in [0.15, 0.2) is 0 Å². The molecule has 0 aromatic carbocycles. The van der Waals surface area contributed by atoms with Crippen LogP contribution in [0.4, 0.5) is 4.39 Å². The summed E-state index contributed by atoms with van der Waals surface area (Å²) in [5.74, 6) is 0. The quantitative estimate of drug-likeness (QED) is 0.665. The highest BCUT2D eigenvalue weighted by atomic mass is 19.1. The molecule has 0 aromatic heterocycles. The van der Waals surface area contributed by atoms with Gasteiger partial charge in [-0.15, -0.1) is 0 Å². The summed E-state index contributed by atoms with van der Waals surface area (Å²) < 4.78 is 17.6. The molecule has 2 nitrogen and oxygen atoms in total. The fourth-order valence-corrected chi connectivity index (χ4v) is 2.15. The van der Waals surface area contributed by atoms with Crippen LogP contribution in [0.15, 0.2) is 0 Å². The molecule has 1 spiro atoms. The maximum Gasteiger partial charge on any atom is 0.0906 e. The molecule has 0 aromatic rings. The summed E-state index contributed by atoms with van der Waals surface area (Å²) in [4.78, 5) is 2.44. The van der Waals surface area contributed by atoms with Crippen LogP contribution in [0.2, 0.25) is 0 Å². The fraction of sp³-hybridized carbons (Fsp3) is 1.00. The van der Waals surface area contributed by atoms with Crippen molar-refractivity contribution in [3.63, 3.8) is 0 Å². The molecule has 2 aliphatic rings. The minimum absolute atomic E-state index is 0.187. The molecule has 0 N–H and O–H groups in total. The van der Waals surface area contributed by atoms with Crippen LogP contribution in [-0.4, -0.2) is 43.4 Å². The van der Waals surface area contributed by atoms with E-state index in [9.17, 15) is 4.39 Å². The Morgan fingerprint density at radius 3 is 2.92 bits per heavy atom. The summed E-state index contributed by atoms with van der Waals surface area (Å²) >= 11 is 0.